The summed E-state index contributed by atoms with van der Waals surface area (Å²) in [5.74, 6) is -0.790. The average molecular weight is 314 g/mol. The molecular formula is C14H20BrNO2. The van der Waals surface area contributed by atoms with E-state index in [0.717, 1.165) is 34.1 Å². The molecule has 0 spiro atoms. The SMILES string of the molecule is CCCCC(Nc1cc(C)c(Br)c(C)c1)C(=O)O. The third-order valence-electron chi connectivity index (χ3n) is 2.92. The number of aryl methyl sites for hydroxylation is 2. The molecule has 100 valence electrons. The summed E-state index contributed by atoms with van der Waals surface area (Å²) in [6.45, 7) is 6.07. The van der Waals surface area contributed by atoms with Crippen molar-refractivity contribution < 1.29 is 9.90 Å². The van der Waals surface area contributed by atoms with Crippen molar-refractivity contribution in [3.8, 4) is 0 Å². The van der Waals surface area contributed by atoms with Crippen molar-refractivity contribution >= 4 is 27.6 Å². The maximum atomic E-state index is 11.2. The van der Waals surface area contributed by atoms with Gasteiger partial charge in [-0.2, -0.15) is 0 Å². The van der Waals surface area contributed by atoms with Crippen LogP contribution in [0, 0.1) is 13.8 Å². The van der Waals surface area contributed by atoms with Crippen molar-refractivity contribution in [2.45, 2.75) is 46.1 Å². The predicted octanol–water partition coefficient (Wildman–Crippen LogP) is 4.12. The first kappa shape index (κ1) is 15.0. The highest BCUT2D eigenvalue weighted by atomic mass is 79.9. The lowest BCUT2D eigenvalue weighted by Gasteiger charge is -2.17. The molecule has 1 atom stereocenters. The van der Waals surface area contributed by atoms with Gasteiger partial charge in [0.25, 0.3) is 0 Å². The number of anilines is 1. The van der Waals surface area contributed by atoms with Gasteiger partial charge in [-0.1, -0.05) is 35.7 Å². The Bertz CT molecular complexity index is 409. The Morgan fingerprint density at radius 2 is 1.94 bits per heavy atom. The van der Waals surface area contributed by atoms with Crippen LogP contribution >= 0.6 is 15.9 Å². The summed E-state index contributed by atoms with van der Waals surface area (Å²) >= 11 is 3.51. The van der Waals surface area contributed by atoms with E-state index in [1.165, 1.54) is 0 Å². The number of unbranched alkanes of at least 4 members (excludes halogenated alkanes) is 1. The average Bonchev–Trinajstić information content (AvgIpc) is 2.30. The van der Waals surface area contributed by atoms with E-state index in [4.69, 9.17) is 0 Å². The molecule has 4 heteroatoms. The van der Waals surface area contributed by atoms with Crippen molar-refractivity contribution in [2.75, 3.05) is 5.32 Å². The summed E-state index contributed by atoms with van der Waals surface area (Å²) in [6, 6.07) is 3.43. The van der Waals surface area contributed by atoms with Gasteiger partial charge < -0.3 is 10.4 Å². The third kappa shape index (κ3) is 4.02. The number of rotatable bonds is 6. The van der Waals surface area contributed by atoms with E-state index in [-0.39, 0.29) is 0 Å². The maximum absolute atomic E-state index is 11.2. The third-order valence-corrected chi connectivity index (χ3v) is 4.17. The van der Waals surface area contributed by atoms with Crippen LogP contribution in [0.1, 0.15) is 37.3 Å². The number of carboxylic acid groups (broad SMARTS) is 1. The maximum Gasteiger partial charge on any atom is 0.326 e. The largest absolute Gasteiger partial charge is 0.480 e. The van der Waals surface area contributed by atoms with Crippen molar-refractivity contribution in [1.82, 2.24) is 0 Å². The van der Waals surface area contributed by atoms with E-state index in [1.54, 1.807) is 0 Å². The Hall–Kier alpha value is -1.03. The first-order valence-electron chi connectivity index (χ1n) is 6.21. The molecule has 0 aliphatic rings. The van der Waals surface area contributed by atoms with Crippen LogP contribution in [0.3, 0.4) is 0 Å². The fourth-order valence-corrected chi connectivity index (χ4v) is 2.12. The van der Waals surface area contributed by atoms with Crippen LogP contribution < -0.4 is 5.32 Å². The molecule has 0 aliphatic heterocycles. The van der Waals surface area contributed by atoms with E-state index in [2.05, 4.69) is 28.2 Å². The first-order chi connectivity index (χ1) is 8.45. The molecule has 18 heavy (non-hydrogen) atoms. The first-order valence-corrected chi connectivity index (χ1v) is 7.01. The smallest absolute Gasteiger partial charge is 0.326 e. The lowest BCUT2D eigenvalue weighted by Crippen LogP contribution is -2.29. The van der Waals surface area contributed by atoms with Crippen molar-refractivity contribution in [3.05, 3.63) is 27.7 Å². The van der Waals surface area contributed by atoms with Gasteiger partial charge in [-0.25, -0.2) is 4.79 Å². The van der Waals surface area contributed by atoms with Crippen LogP contribution in [-0.2, 0) is 4.79 Å². The topological polar surface area (TPSA) is 49.3 Å². The number of hydrogen-bond donors (Lipinski definition) is 2. The van der Waals surface area contributed by atoms with Gasteiger partial charge in [-0.15, -0.1) is 0 Å². The Morgan fingerprint density at radius 1 is 1.39 bits per heavy atom. The molecule has 0 amide bonds. The van der Waals surface area contributed by atoms with Crippen molar-refractivity contribution in [2.24, 2.45) is 0 Å². The molecular weight excluding hydrogens is 294 g/mol. The normalized spacial score (nSPS) is 12.2. The van der Waals surface area contributed by atoms with E-state index < -0.39 is 12.0 Å². The number of carboxylic acids is 1. The van der Waals surface area contributed by atoms with E-state index >= 15 is 0 Å². The highest BCUT2D eigenvalue weighted by Gasteiger charge is 2.16. The van der Waals surface area contributed by atoms with Crippen LogP contribution in [0.2, 0.25) is 0 Å². The second kappa shape index (κ2) is 6.78. The van der Waals surface area contributed by atoms with E-state index in [9.17, 15) is 9.90 Å². The van der Waals surface area contributed by atoms with Crippen LogP contribution in [-0.4, -0.2) is 17.1 Å². The highest BCUT2D eigenvalue weighted by Crippen LogP contribution is 2.25. The van der Waals surface area contributed by atoms with Crippen LogP contribution in [0.15, 0.2) is 16.6 Å². The molecule has 0 saturated carbocycles. The fourth-order valence-electron chi connectivity index (χ4n) is 1.90. The quantitative estimate of drug-likeness (QED) is 0.830. The fraction of sp³-hybridized carbons (Fsp3) is 0.500. The summed E-state index contributed by atoms with van der Waals surface area (Å²) in [4.78, 5) is 11.2. The summed E-state index contributed by atoms with van der Waals surface area (Å²) in [7, 11) is 0. The Balaban J connectivity index is 2.84. The zero-order valence-electron chi connectivity index (χ0n) is 11.1. The second-order valence-electron chi connectivity index (χ2n) is 4.60. The zero-order chi connectivity index (χ0) is 13.7. The Kier molecular flexibility index (Phi) is 5.66. The molecule has 0 radical (unpaired) electrons. The molecule has 0 bridgehead atoms. The number of benzene rings is 1. The molecule has 2 N–H and O–H groups in total. The zero-order valence-corrected chi connectivity index (χ0v) is 12.7. The number of carbonyl (C=O) groups is 1. The van der Waals surface area contributed by atoms with Gasteiger partial charge in [0.15, 0.2) is 0 Å². The molecule has 3 nitrogen and oxygen atoms in total. The lowest BCUT2D eigenvalue weighted by molar-refractivity contribution is -0.138. The molecule has 1 aromatic carbocycles. The molecule has 1 unspecified atom stereocenters. The number of hydrogen-bond acceptors (Lipinski definition) is 2. The van der Waals surface area contributed by atoms with Gasteiger partial charge in [0.1, 0.15) is 6.04 Å². The van der Waals surface area contributed by atoms with Crippen molar-refractivity contribution in [1.29, 1.82) is 0 Å². The number of halogens is 1. The monoisotopic (exact) mass is 313 g/mol. The van der Waals surface area contributed by atoms with E-state index in [0.29, 0.717) is 6.42 Å². The van der Waals surface area contributed by atoms with Gasteiger partial charge in [0.2, 0.25) is 0 Å². The van der Waals surface area contributed by atoms with Crippen LogP contribution in [0.4, 0.5) is 5.69 Å². The van der Waals surface area contributed by atoms with Crippen molar-refractivity contribution in [3.63, 3.8) is 0 Å². The molecule has 1 aromatic rings. The summed E-state index contributed by atoms with van der Waals surface area (Å²) in [5.41, 5.74) is 3.09. The molecule has 0 saturated heterocycles. The number of aliphatic carboxylic acids is 1. The summed E-state index contributed by atoms with van der Waals surface area (Å²) in [5, 5.41) is 12.3. The minimum atomic E-state index is -0.790. The molecule has 0 heterocycles. The highest BCUT2D eigenvalue weighted by molar-refractivity contribution is 9.10. The van der Waals surface area contributed by atoms with Gasteiger partial charge in [0.05, 0.1) is 0 Å². The Labute approximate surface area is 117 Å². The molecule has 0 fully saturated rings. The molecule has 0 aliphatic carbocycles. The van der Waals surface area contributed by atoms with Gasteiger partial charge in [-0.05, 0) is 43.5 Å². The van der Waals surface area contributed by atoms with Crippen LogP contribution in [0.5, 0.6) is 0 Å². The van der Waals surface area contributed by atoms with Gasteiger partial charge in [0, 0.05) is 10.2 Å². The minimum absolute atomic E-state index is 0.509. The summed E-state index contributed by atoms with van der Waals surface area (Å²) in [6.07, 6.45) is 2.57. The summed E-state index contributed by atoms with van der Waals surface area (Å²) < 4.78 is 1.08. The predicted molar refractivity (Wildman–Crippen MR) is 78.2 cm³/mol. The minimum Gasteiger partial charge on any atom is -0.480 e. The second-order valence-corrected chi connectivity index (χ2v) is 5.39. The van der Waals surface area contributed by atoms with Gasteiger partial charge in [-0.3, -0.25) is 0 Å². The number of nitrogens with one attached hydrogen (secondary N) is 1. The van der Waals surface area contributed by atoms with Crippen LogP contribution in [0.25, 0.3) is 0 Å². The van der Waals surface area contributed by atoms with Gasteiger partial charge >= 0.3 is 5.97 Å². The standard InChI is InChI=1S/C14H20BrNO2/c1-4-5-6-12(14(17)18)16-11-7-9(2)13(15)10(3)8-11/h7-8,12,16H,4-6H2,1-3H3,(H,17,18). The molecule has 1 rings (SSSR count). The van der Waals surface area contributed by atoms with E-state index in [1.807, 2.05) is 26.0 Å². The molecule has 0 aromatic heterocycles. The lowest BCUT2D eigenvalue weighted by atomic mass is 10.1. The Morgan fingerprint density at radius 3 is 2.39 bits per heavy atom.